The Labute approximate surface area is 58.1 Å². The molecule has 3 nitrogen and oxygen atoms in total. The van der Waals surface area contributed by atoms with Crippen molar-refractivity contribution < 1.29 is 9.90 Å². The van der Waals surface area contributed by atoms with E-state index < -0.39 is 5.91 Å². The molecule has 51 valence electrons. The Hall–Kier alpha value is -1.51. The summed E-state index contributed by atoms with van der Waals surface area (Å²) in [7, 11) is 0. The first-order valence-electron chi connectivity index (χ1n) is 2.70. The molecule has 1 amide bonds. The van der Waals surface area contributed by atoms with Crippen LogP contribution in [0.3, 0.4) is 0 Å². The second-order valence-electron chi connectivity index (χ2n) is 1.81. The number of amides is 1. The Morgan fingerprint density at radius 3 is 2.80 bits per heavy atom. The molecule has 0 aromatic heterocycles. The van der Waals surface area contributed by atoms with Gasteiger partial charge in [0.05, 0.1) is 5.56 Å². The maximum absolute atomic E-state index is 10.5. The zero-order chi connectivity index (χ0) is 7.56. The van der Waals surface area contributed by atoms with Gasteiger partial charge < -0.3 is 10.8 Å². The van der Waals surface area contributed by atoms with Gasteiger partial charge in [-0.05, 0) is 18.2 Å². The first kappa shape index (κ1) is 6.61. The van der Waals surface area contributed by atoms with E-state index in [0.717, 1.165) is 0 Å². The van der Waals surface area contributed by atoms with E-state index in [1.807, 2.05) is 0 Å². The Morgan fingerprint density at radius 2 is 2.40 bits per heavy atom. The van der Waals surface area contributed by atoms with Gasteiger partial charge in [-0.15, -0.1) is 0 Å². The molecule has 0 aliphatic carbocycles. The molecule has 1 aromatic carbocycles. The molecule has 0 aliphatic heterocycles. The lowest BCUT2D eigenvalue weighted by Gasteiger charge is -1.95. The average molecular weight is 136 g/mol. The summed E-state index contributed by atoms with van der Waals surface area (Å²) in [4.78, 5) is 10.5. The fourth-order valence-corrected chi connectivity index (χ4v) is 0.620. The molecule has 0 spiro atoms. The van der Waals surface area contributed by atoms with E-state index in [0.29, 0.717) is 0 Å². The summed E-state index contributed by atoms with van der Waals surface area (Å²) in [5.74, 6) is -0.749. The van der Waals surface area contributed by atoms with Crippen LogP contribution in [-0.4, -0.2) is 11.0 Å². The quantitative estimate of drug-likeness (QED) is 0.582. The summed E-state index contributed by atoms with van der Waals surface area (Å²) in [6.45, 7) is 0. The van der Waals surface area contributed by atoms with E-state index in [4.69, 9.17) is 10.8 Å². The Kier molecular flexibility index (Phi) is 1.58. The zero-order valence-electron chi connectivity index (χ0n) is 5.16. The lowest BCUT2D eigenvalue weighted by molar-refractivity contribution is 0.0998. The molecule has 10 heavy (non-hydrogen) atoms. The fraction of sp³-hybridized carbons (Fsp3) is 0. The van der Waals surface area contributed by atoms with Crippen molar-refractivity contribution in [1.82, 2.24) is 0 Å². The van der Waals surface area contributed by atoms with Crippen LogP contribution in [-0.2, 0) is 0 Å². The van der Waals surface area contributed by atoms with Gasteiger partial charge in [-0.25, -0.2) is 0 Å². The van der Waals surface area contributed by atoms with E-state index in [-0.39, 0.29) is 11.3 Å². The van der Waals surface area contributed by atoms with Crippen molar-refractivity contribution in [3.8, 4) is 5.75 Å². The summed E-state index contributed by atoms with van der Waals surface area (Å²) < 4.78 is 0. The van der Waals surface area contributed by atoms with Crippen LogP contribution in [0.4, 0.5) is 0 Å². The second kappa shape index (κ2) is 2.39. The van der Waals surface area contributed by atoms with Crippen LogP contribution in [0.15, 0.2) is 18.2 Å². The van der Waals surface area contributed by atoms with Crippen LogP contribution in [0.1, 0.15) is 10.4 Å². The lowest BCUT2D eigenvalue weighted by atomic mass is 10.2. The van der Waals surface area contributed by atoms with Crippen LogP contribution >= 0.6 is 0 Å². The van der Waals surface area contributed by atoms with Crippen molar-refractivity contribution in [2.75, 3.05) is 0 Å². The number of hydrogen-bond donors (Lipinski definition) is 2. The minimum atomic E-state index is -0.644. The molecule has 3 N–H and O–H groups in total. The van der Waals surface area contributed by atoms with Gasteiger partial charge in [-0.3, -0.25) is 4.79 Å². The highest BCUT2D eigenvalue weighted by Crippen LogP contribution is 2.13. The van der Waals surface area contributed by atoms with Gasteiger partial charge >= 0.3 is 0 Å². The number of rotatable bonds is 1. The number of aromatic hydroxyl groups is 1. The highest BCUT2D eigenvalue weighted by molar-refractivity contribution is 5.95. The van der Waals surface area contributed by atoms with Crippen molar-refractivity contribution in [3.05, 3.63) is 29.8 Å². The highest BCUT2D eigenvalue weighted by Gasteiger charge is 2.03. The van der Waals surface area contributed by atoms with Crippen LogP contribution in [0.2, 0.25) is 0 Å². The normalized spacial score (nSPS) is 9.20. The number of carbonyl (C=O) groups excluding carboxylic acids is 1. The van der Waals surface area contributed by atoms with E-state index in [1.165, 1.54) is 18.2 Å². The monoisotopic (exact) mass is 136 g/mol. The summed E-state index contributed by atoms with van der Waals surface area (Å²) >= 11 is 0. The molecule has 0 heterocycles. The summed E-state index contributed by atoms with van der Waals surface area (Å²) in [6, 6.07) is 6.83. The topological polar surface area (TPSA) is 63.3 Å². The second-order valence-corrected chi connectivity index (χ2v) is 1.81. The van der Waals surface area contributed by atoms with E-state index >= 15 is 0 Å². The third-order valence-corrected chi connectivity index (χ3v) is 1.11. The largest absolute Gasteiger partial charge is 0.507 e. The van der Waals surface area contributed by atoms with Gasteiger partial charge in [0.15, 0.2) is 0 Å². The lowest BCUT2D eigenvalue weighted by Crippen LogP contribution is -2.10. The Bertz CT molecular complexity index is 258. The molecular weight excluding hydrogens is 130 g/mol. The summed E-state index contributed by atoms with van der Waals surface area (Å²) in [5.41, 5.74) is 5.00. The van der Waals surface area contributed by atoms with E-state index in [9.17, 15) is 4.79 Å². The zero-order valence-corrected chi connectivity index (χ0v) is 5.16. The average Bonchev–Trinajstić information content (AvgIpc) is 1.88. The summed E-state index contributed by atoms with van der Waals surface area (Å²) in [6.07, 6.45) is 0. The molecule has 0 saturated heterocycles. The Balaban J connectivity index is 3.15. The molecule has 1 aromatic rings. The molecular formula is C7H6NO2. The molecule has 1 radical (unpaired) electrons. The first-order chi connectivity index (χ1) is 4.72. The minimum Gasteiger partial charge on any atom is -0.507 e. The van der Waals surface area contributed by atoms with Gasteiger partial charge in [-0.1, -0.05) is 6.07 Å². The minimum absolute atomic E-state index is 0.0995. The molecule has 0 fully saturated rings. The van der Waals surface area contributed by atoms with Crippen molar-refractivity contribution in [2.45, 2.75) is 0 Å². The number of primary amides is 1. The molecule has 0 atom stereocenters. The van der Waals surface area contributed by atoms with Crippen molar-refractivity contribution in [1.29, 1.82) is 0 Å². The predicted octanol–water partition coefficient (Wildman–Crippen LogP) is 0.291. The third kappa shape index (κ3) is 1.07. The number of nitrogens with two attached hydrogens (primary N) is 1. The molecule has 0 aliphatic rings. The SMILES string of the molecule is NC(=O)c1c[c]ccc1O. The number of phenols is 1. The smallest absolute Gasteiger partial charge is 0.252 e. The van der Waals surface area contributed by atoms with Crippen LogP contribution < -0.4 is 5.73 Å². The molecule has 1 rings (SSSR count). The number of benzene rings is 1. The Morgan fingerprint density at radius 1 is 1.70 bits per heavy atom. The predicted molar refractivity (Wildman–Crippen MR) is 35.5 cm³/mol. The van der Waals surface area contributed by atoms with Gasteiger partial charge in [0, 0.05) is 0 Å². The van der Waals surface area contributed by atoms with E-state index in [2.05, 4.69) is 6.07 Å². The van der Waals surface area contributed by atoms with Crippen LogP contribution in [0.25, 0.3) is 0 Å². The number of carbonyl (C=O) groups is 1. The first-order valence-corrected chi connectivity index (χ1v) is 2.70. The standard InChI is InChI=1S/C7H6NO2/c8-7(10)5-3-1-2-4-6(5)9/h2-4,9H,(H2,8,10). The highest BCUT2D eigenvalue weighted by atomic mass is 16.3. The maximum atomic E-state index is 10.5. The van der Waals surface area contributed by atoms with Crippen LogP contribution in [0, 0.1) is 6.07 Å². The van der Waals surface area contributed by atoms with Gasteiger partial charge in [0.2, 0.25) is 0 Å². The van der Waals surface area contributed by atoms with Crippen LogP contribution in [0.5, 0.6) is 5.75 Å². The van der Waals surface area contributed by atoms with Gasteiger partial charge in [0.1, 0.15) is 5.75 Å². The molecule has 3 heteroatoms. The van der Waals surface area contributed by atoms with Crippen molar-refractivity contribution in [2.24, 2.45) is 5.73 Å². The molecule has 0 unspecified atom stereocenters. The fourth-order valence-electron chi connectivity index (χ4n) is 0.620. The van der Waals surface area contributed by atoms with Crippen molar-refractivity contribution in [3.63, 3.8) is 0 Å². The van der Waals surface area contributed by atoms with Crippen molar-refractivity contribution >= 4 is 5.91 Å². The molecule has 0 saturated carbocycles. The van der Waals surface area contributed by atoms with Gasteiger partial charge in [-0.2, -0.15) is 0 Å². The summed E-state index contributed by atoms with van der Waals surface area (Å²) in [5, 5.41) is 8.96. The third-order valence-electron chi connectivity index (χ3n) is 1.11. The maximum Gasteiger partial charge on any atom is 0.252 e. The van der Waals surface area contributed by atoms with E-state index in [1.54, 1.807) is 0 Å². The molecule has 0 bridgehead atoms. The van der Waals surface area contributed by atoms with Gasteiger partial charge in [0.25, 0.3) is 5.91 Å². The number of hydrogen-bond acceptors (Lipinski definition) is 2.